The summed E-state index contributed by atoms with van der Waals surface area (Å²) in [5.74, 6) is -0.458. The van der Waals surface area contributed by atoms with Crippen molar-refractivity contribution in [1.82, 2.24) is 29.3 Å². The zero-order valence-corrected chi connectivity index (χ0v) is 32.9. The molecule has 1 fully saturated rings. The van der Waals surface area contributed by atoms with Gasteiger partial charge in [0.1, 0.15) is 23.8 Å². The van der Waals surface area contributed by atoms with Crippen LogP contribution in [0.1, 0.15) is 34.6 Å². The molecule has 1 aliphatic rings. The van der Waals surface area contributed by atoms with E-state index in [-0.39, 0.29) is 30.9 Å². The molecule has 1 saturated heterocycles. The van der Waals surface area contributed by atoms with Gasteiger partial charge in [-0.2, -0.15) is 0 Å². The molecule has 1 unspecified atom stereocenters. The number of fused-ring (bicyclic) bond motifs is 1. The number of halogens is 2. The normalized spacial score (nSPS) is 17.1. The quantitative estimate of drug-likeness (QED) is 0.120. The van der Waals surface area contributed by atoms with E-state index < -0.39 is 31.7 Å². The molecule has 5 rings (SSSR count). The topological polar surface area (TPSA) is 126 Å². The number of carbonyl (C=O) groups excluding carboxylic acids is 1. The molecule has 1 aromatic carbocycles. The summed E-state index contributed by atoms with van der Waals surface area (Å²) in [6.45, 7) is 18.6. The van der Waals surface area contributed by atoms with Crippen molar-refractivity contribution in [2.45, 2.75) is 84.7 Å². The second-order valence-corrected chi connectivity index (χ2v) is 21.6. The first-order valence-electron chi connectivity index (χ1n) is 17.5. The van der Waals surface area contributed by atoms with Crippen molar-refractivity contribution in [3.8, 4) is 22.6 Å². The van der Waals surface area contributed by atoms with E-state index in [9.17, 15) is 14.7 Å². The molecule has 0 saturated carbocycles. The zero-order chi connectivity index (χ0) is 38.0. The number of nitrogens with zero attached hydrogens (tertiary/aromatic N) is 7. The van der Waals surface area contributed by atoms with Gasteiger partial charge in [0.15, 0.2) is 0 Å². The lowest BCUT2D eigenvalue weighted by Gasteiger charge is -2.43. The van der Waals surface area contributed by atoms with Crippen LogP contribution in [0.3, 0.4) is 0 Å². The van der Waals surface area contributed by atoms with Crippen LogP contribution in [0.4, 0.5) is 19.7 Å². The van der Waals surface area contributed by atoms with Crippen molar-refractivity contribution < 1.29 is 28.6 Å². The van der Waals surface area contributed by atoms with Crippen LogP contribution in [0.25, 0.3) is 33.7 Å². The summed E-state index contributed by atoms with van der Waals surface area (Å²) < 4.78 is 29.0. The van der Waals surface area contributed by atoms with Crippen molar-refractivity contribution >= 4 is 48.6 Å². The third-order valence-electron chi connectivity index (χ3n) is 8.79. The number of rotatable bonds is 11. The van der Waals surface area contributed by atoms with Crippen molar-refractivity contribution in [1.29, 1.82) is 0 Å². The molecule has 52 heavy (non-hydrogen) atoms. The molecule has 0 radical (unpaired) electrons. The number of hydrogen-bond donors (Lipinski definition) is 1. The Labute approximate surface area is 310 Å². The van der Waals surface area contributed by atoms with E-state index in [1.54, 1.807) is 56.1 Å². The second-order valence-electron chi connectivity index (χ2n) is 15.6. The number of piperazine rings is 1. The molecular formula is C37H49ClFN7O5Si. The highest BCUT2D eigenvalue weighted by Crippen LogP contribution is 2.35. The summed E-state index contributed by atoms with van der Waals surface area (Å²) in [5.41, 5.74) is 2.49. The number of hydrogen-bond acceptors (Lipinski definition) is 8. The lowest BCUT2D eigenvalue weighted by atomic mass is 10.1. The minimum absolute atomic E-state index is 0.172. The van der Waals surface area contributed by atoms with Crippen molar-refractivity contribution in [3.63, 3.8) is 0 Å². The summed E-state index contributed by atoms with van der Waals surface area (Å²) in [5, 5.41) is 10.0. The monoisotopic (exact) mass is 753 g/mol. The number of carboxylic acid groups (broad SMARTS) is 1. The van der Waals surface area contributed by atoms with E-state index >= 15 is 4.39 Å². The molecule has 3 aromatic heterocycles. The summed E-state index contributed by atoms with van der Waals surface area (Å²) in [6.07, 6.45) is 1.75. The maximum absolute atomic E-state index is 15.4. The van der Waals surface area contributed by atoms with Crippen LogP contribution in [0.2, 0.25) is 30.7 Å². The lowest BCUT2D eigenvalue weighted by Crippen LogP contribution is -2.59. The third-order valence-corrected chi connectivity index (χ3v) is 10.7. The van der Waals surface area contributed by atoms with E-state index in [1.807, 2.05) is 19.9 Å². The Hall–Kier alpha value is -4.11. The average Bonchev–Trinajstić information content (AvgIpc) is 3.45. The van der Waals surface area contributed by atoms with Crippen molar-refractivity contribution in [2.75, 3.05) is 37.7 Å². The SMILES string of the molecule is CC1CN(CCN(C(=O)OC(C)(C)C)c2cnc3ccc(-c4ncn(COCC[Si](C)(C)C)c4-c4cc(Cl)ccc4F)nc3c2)C[C@@H](C)N1C(=O)O. The maximum atomic E-state index is 15.4. The molecule has 2 atom stereocenters. The number of benzene rings is 1. The smallest absolute Gasteiger partial charge is 0.414 e. The first kappa shape index (κ1) is 39.1. The summed E-state index contributed by atoms with van der Waals surface area (Å²) in [6, 6.07) is 10.3. The minimum Gasteiger partial charge on any atom is -0.465 e. The molecule has 15 heteroatoms. The van der Waals surface area contributed by atoms with Gasteiger partial charge in [0, 0.05) is 63.5 Å². The molecule has 1 aliphatic heterocycles. The van der Waals surface area contributed by atoms with E-state index in [0.29, 0.717) is 65.1 Å². The summed E-state index contributed by atoms with van der Waals surface area (Å²) in [7, 11) is -1.32. The summed E-state index contributed by atoms with van der Waals surface area (Å²) >= 11 is 6.34. The standard InChI is InChI=1S/C37H49ClFN7O5Si/c1-24-20-43(21-25(2)46(24)35(47)48)13-14-45(36(49)51-37(3,4)5)27-18-32-30(40-19-27)11-12-31(42-32)33-34(28-17-26(38)9-10-29(28)39)44(22-41-33)23-50-15-16-52(6,7)8/h9-12,17-19,22,24-25H,13-16,20-21,23H2,1-8H3,(H,47,48)/t24-,25?/m1/s1. The Morgan fingerprint density at radius 2 is 1.77 bits per heavy atom. The molecule has 4 heterocycles. The Bertz CT molecular complexity index is 1900. The predicted octanol–water partition coefficient (Wildman–Crippen LogP) is 8.08. The highest BCUT2D eigenvalue weighted by Gasteiger charge is 2.33. The van der Waals surface area contributed by atoms with Gasteiger partial charge in [0.05, 0.1) is 40.6 Å². The number of amides is 2. The molecule has 1 N–H and O–H groups in total. The van der Waals surface area contributed by atoms with Crippen LogP contribution in [-0.4, -0.2) is 105 Å². The fraction of sp³-hybridized carbons (Fsp3) is 0.486. The second kappa shape index (κ2) is 15.9. The van der Waals surface area contributed by atoms with E-state index in [4.69, 9.17) is 26.1 Å². The number of pyridine rings is 2. The van der Waals surface area contributed by atoms with Crippen LogP contribution in [-0.2, 0) is 16.2 Å². The third kappa shape index (κ3) is 9.65. The van der Waals surface area contributed by atoms with Crippen LogP contribution in [0, 0.1) is 5.82 Å². The van der Waals surface area contributed by atoms with E-state index in [1.165, 1.54) is 21.9 Å². The molecule has 280 valence electrons. The Morgan fingerprint density at radius 3 is 2.42 bits per heavy atom. The average molecular weight is 754 g/mol. The number of carbonyl (C=O) groups is 2. The van der Waals surface area contributed by atoms with Gasteiger partial charge in [-0.05, 0) is 77.1 Å². The van der Waals surface area contributed by atoms with Crippen LogP contribution >= 0.6 is 11.6 Å². The van der Waals surface area contributed by atoms with E-state index in [0.717, 1.165) is 6.04 Å². The predicted molar refractivity (Wildman–Crippen MR) is 204 cm³/mol. The molecule has 4 aromatic rings. The number of anilines is 1. The van der Waals surface area contributed by atoms with Crippen LogP contribution < -0.4 is 4.90 Å². The largest absolute Gasteiger partial charge is 0.465 e. The van der Waals surface area contributed by atoms with Gasteiger partial charge in [-0.25, -0.2) is 23.9 Å². The van der Waals surface area contributed by atoms with Gasteiger partial charge in [-0.15, -0.1) is 0 Å². The van der Waals surface area contributed by atoms with Gasteiger partial charge in [-0.3, -0.25) is 14.8 Å². The Morgan fingerprint density at radius 1 is 1.06 bits per heavy atom. The number of imidazole rings is 1. The number of aromatic nitrogens is 4. The molecule has 0 aliphatic carbocycles. The molecule has 0 bridgehead atoms. The summed E-state index contributed by atoms with van der Waals surface area (Å²) in [4.78, 5) is 44.8. The first-order chi connectivity index (χ1) is 24.4. The molecular weight excluding hydrogens is 705 g/mol. The highest BCUT2D eigenvalue weighted by molar-refractivity contribution is 6.76. The van der Waals surface area contributed by atoms with Gasteiger partial charge in [0.25, 0.3) is 0 Å². The highest BCUT2D eigenvalue weighted by atomic mass is 35.5. The number of ether oxygens (including phenoxy) is 2. The van der Waals surface area contributed by atoms with Gasteiger partial charge in [0.2, 0.25) is 0 Å². The Kier molecular flexibility index (Phi) is 11.9. The fourth-order valence-electron chi connectivity index (χ4n) is 6.32. The van der Waals surface area contributed by atoms with Crippen molar-refractivity contribution in [2.24, 2.45) is 0 Å². The molecule has 2 amide bonds. The zero-order valence-electron chi connectivity index (χ0n) is 31.2. The van der Waals surface area contributed by atoms with Gasteiger partial charge in [-0.1, -0.05) is 31.2 Å². The van der Waals surface area contributed by atoms with Crippen LogP contribution in [0.15, 0.2) is 48.9 Å². The van der Waals surface area contributed by atoms with Crippen molar-refractivity contribution in [3.05, 3.63) is 59.8 Å². The lowest BCUT2D eigenvalue weighted by molar-refractivity contribution is 0.0409. The maximum Gasteiger partial charge on any atom is 0.414 e. The minimum atomic E-state index is -1.32. The molecule has 0 spiro atoms. The van der Waals surface area contributed by atoms with E-state index in [2.05, 4.69) is 34.5 Å². The first-order valence-corrected chi connectivity index (χ1v) is 21.6. The fourth-order valence-corrected chi connectivity index (χ4v) is 7.25. The molecule has 12 nitrogen and oxygen atoms in total. The Balaban J connectivity index is 1.48. The van der Waals surface area contributed by atoms with Gasteiger partial charge < -0.3 is 24.0 Å². The van der Waals surface area contributed by atoms with Crippen LogP contribution in [0.5, 0.6) is 0 Å². The van der Waals surface area contributed by atoms with Gasteiger partial charge >= 0.3 is 12.2 Å².